The molecule has 23 heavy (non-hydrogen) atoms. The lowest BCUT2D eigenvalue weighted by atomic mass is 10.2. The fraction of sp³-hybridized carbons (Fsp3) is 0.875. The summed E-state index contributed by atoms with van der Waals surface area (Å²) in [6, 6.07) is 0. The van der Waals surface area contributed by atoms with Gasteiger partial charge in [0.15, 0.2) is 0 Å². The van der Waals surface area contributed by atoms with Crippen LogP contribution in [0.4, 0.5) is 52.7 Å². The summed E-state index contributed by atoms with van der Waals surface area (Å²) < 4.78 is 151. The number of hydrogen-bond donors (Lipinski definition) is 1. The fourth-order valence-electron chi connectivity index (χ4n) is 1.12. The quantitative estimate of drug-likeness (QED) is 0.350. The zero-order chi connectivity index (χ0) is 18.9. The zero-order valence-electron chi connectivity index (χ0n) is 10.6. The number of nitrogens with zero attached hydrogens (tertiary/aromatic N) is 1. The molecule has 0 aliphatic rings. The Hall–Kier alpha value is -1.41. The van der Waals surface area contributed by atoms with Gasteiger partial charge in [-0.1, -0.05) is 0 Å². The van der Waals surface area contributed by atoms with E-state index in [0.717, 1.165) is 0 Å². The van der Waals surface area contributed by atoms with Crippen molar-refractivity contribution < 1.29 is 57.4 Å². The van der Waals surface area contributed by atoms with Gasteiger partial charge in [0.05, 0.1) is 0 Å². The number of halogens is 12. The molecule has 0 fully saturated rings. The second kappa shape index (κ2) is 6.24. The number of nitrogens with one attached hydrogen (secondary N) is 1. The van der Waals surface area contributed by atoms with E-state index in [2.05, 4.69) is 4.74 Å². The van der Waals surface area contributed by atoms with Crippen LogP contribution in [0.15, 0.2) is 5.10 Å². The van der Waals surface area contributed by atoms with Gasteiger partial charge >= 0.3 is 30.4 Å². The first-order valence-electron chi connectivity index (χ1n) is 5.16. The Morgan fingerprint density at radius 2 is 1.13 bits per heavy atom. The van der Waals surface area contributed by atoms with Gasteiger partial charge in [-0.3, -0.25) is 5.43 Å². The van der Waals surface area contributed by atoms with Crippen LogP contribution in [0.2, 0.25) is 0 Å². The van der Waals surface area contributed by atoms with Crippen LogP contribution in [-0.2, 0) is 4.74 Å². The third-order valence-corrected chi connectivity index (χ3v) is 2.02. The van der Waals surface area contributed by atoms with Gasteiger partial charge in [0, 0.05) is 6.61 Å². The largest absolute Gasteiger partial charge is 0.447 e. The highest BCUT2D eigenvalue weighted by Gasteiger charge is 2.74. The summed E-state index contributed by atoms with van der Waals surface area (Å²) in [5.74, 6) is 0. The van der Waals surface area contributed by atoms with Crippen molar-refractivity contribution in [1.82, 2.24) is 5.43 Å². The SMILES string of the molecule is CCOC(NN=C(C(F)(F)F)C(F)(F)F)(C(F)(F)F)C(F)(F)F. The fourth-order valence-corrected chi connectivity index (χ4v) is 1.12. The Labute approximate surface area is 119 Å². The number of hydrogen-bond acceptors (Lipinski definition) is 3. The van der Waals surface area contributed by atoms with E-state index >= 15 is 0 Å². The summed E-state index contributed by atoms with van der Waals surface area (Å²) in [6.07, 6.45) is -25.7. The molecule has 0 radical (unpaired) electrons. The molecule has 0 aliphatic heterocycles. The summed E-state index contributed by atoms with van der Waals surface area (Å²) in [5, 5.41) is 1.24. The Balaban J connectivity index is 6.13. The van der Waals surface area contributed by atoms with Gasteiger partial charge in [-0.25, -0.2) is 0 Å². The van der Waals surface area contributed by atoms with Gasteiger partial charge in [-0.2, -0.15) is 57.8 Å². The minimum Gasteiger partial charge on any atom is -0.340 e. The second-order valence-corrected chi connectivity index (χ2v) is 3.68. The highest BCUT2D eigenvalue weighted by molar-refractivity contribution is 5.94. The lowest BCUT2D eigenvalue weighted by molar-refractivity contribution is -0.391. The van der Waals surface area contributed by atoms with Crippen LogP contribution < -0.4 is 5.43 Å². The molecular formula is C8H6F12N2O. The van der Waals surface area contributed by atoms with Gasteiger partial charge < -0.3 is 4.74 Å². The maximum atomic E-state index is 12.6. The Morgan fingerprint density at radius 1 is 0.783 bits per heavy atom. The molecule has 0 aliphatic carbocycles. The first kappa shape index (κ1) is 21.6. The van der Waals surface area contributed by atoms with E-state index in [1.807, 2.05) is 0 Å². The standard InChI is InChI=1S/C8H6F12N2O/c1-2-23-6(7(15,16)17,8(18,19)20)22-21-3(4(9,10)11)5(12,13)14/h22H,2H2,1H3. The van der Waals surface area contributed by atoms with Crippen LogP contribution in [0.1, 0.15) is 6.92 Å². The third kappa shape index (κ3) is 4.78. The molecule has 0 atom stereocenters. The van der Waals surface area contributed by atoms with E-state index in [0.29, 0.717) is 6.92 Å². The van der Waals surface area contributed by atoms with E-state index in [-0.39, 0.29) is 5.43 Å². The van der Waals surface area contributed by atoms with Crippen molar-refractivity contribution >= 4 is 5.71 Å². The van der Waals surface area contributed by atoms with Crippen LogP contribution in [0, 0.1) is 0 Å². The summed E-state index contributed by atoms with van der Waals surface area (Å²) >= 11 is 0. The van der Waals surface area contributed by atoms with Crippen molar-refractivity contribution in [2.45, 2.75) is 37.4 Å². The molecule has 0 unspecified atom stereocenters. The molecule has 0 spiro atoms. The van der Waals surface area contributed by atoms with E-state index in [9.17, 15) is 52.7 Å². The predicted octanol–water partition coefficient (Wildman–Crippen LogP) is 3.91. The van der Waals surface area contributed by atoms with E-state index in [1.54, 1.807) is 0 Å². The van der Waals surface area contributed by atoms with E-state index in [1.165, 1.54) is 5.10 Å². The Bertz CT molecular complexity index is 398. The number of rotatable bonds is 4. The molecule has 0 bridgehead atoms. The van der Waals surface area contributed by atoms with Gasteiger partial charge in [-0.05, 0) is 6.92 Å². The van der Waals surface area contributed by atoms with Gasteiger partial charge in [0.2, 0.25) is 5.71 Å². The predicted molar refractivity (Wildman–Crippen MR) is 49.1 cm³/mol. The number of hydrazone groups is 1. The van der Waals surface area contributed by atoms with Gasteiger partial charge in [-0.15, -0.1) is 0 Å². The summed E-state index contributed by atoms with van der Waals surface area (Å²) in [6.45, 7) is -0.749. The topological polar surface area (TPSA) is 33.6 Å². The Morgan fingerprint density at radius 3 is 1.35 bits per heavy atom. The molecule has 138 valence electrons. The van der Waals surface area contributed by atoms with Crippen LogP contribution in [-0.4, -0.2) is 42.7 Å². The molecule has 0 heterocycles. The van der Waals surface area contributed by atoms with Gasteiger partial charge in [0.25, 0.3) is 0 Å². The maximum absolute atomic E-state index is 12.6. The molecular weight excluding hydrogens is 368 g/mol. The molecule has 3 nitrogen and oxygen atoms in total. The van der Waals surface area contributed by atoms with Crippen molar-refractivity contribution in [3.8, 4) is 0 Å². The molecule has 0 aromatic carbocycles. The van der Waals surface area contributed by atoms with Crippen LogP contribution in [0.25, 0.3) is 0 Å². The summed E-state index contributed by atoms with van der Waals surface area (Å²) in [5.41, 5.74) is -9.59. The molecule has 0 amide bonds. The molecule has 0 aromatic heterocycles. The minimum absolute atomic E-state index is 0.197. The molecule has 0 aromatic rings. The third-order valence-electron chi connectivity index (χ3n) is 2.02. The lowest BCUT2D eigenvalue weighted by Gasteiger charge is -2.36. The molecule has 0 rings (SSSR count). The average molecular weight is 374 g/mol. The molecule has 15 heteroatoms. The van der Waals surface area contributed by atoms with Crippen molar-refractivity contribution in [3.63, 3.8) is 0 Å². The van der Waals surface area contributed by atoms with Crippen LogP contribution >= 0.6 is 0 Å². The average Bonchev–Trinajstić information content (AvgIpc) is 2.20. The first-order chi connectivity index (χ1) is 9.90. The van der Waals surface area contributed by atoms with Crippen LogP contribution in [0.3, 0.4) is 0 Å². The summed E-state index contributed by atoms with van der Waals surface area (Å²) in [4.78, 5) is 0. The minimum atomic E-state index is -6.47. The molecule has 0 saturated carbocycles. The lowest BCUT2D eigenvalue weighted by Crippen LogP contribution is -2.67. The van der Waals surface area contributed by atoms with Crippen molar-refractivity contribution in [3.05, 3.63) is 0 Å². The second-order valence-electron chi connectivity index (χ2n) is 3.68. The number of alkyl halides is 12. The van der Waals surface area contributed by atoms with Crippen molar-refractivity contribution in [1.29, 1.82) is 0 Å². The first-order valence-corrected chi connectivity index (χ1v) is 5.16. The van der Waals surface area contributed by atoms with Gasteiger partial charge in [0.1, 0.15) is 0 Å². The normalized spacial score (nSPS) is 14.7. The summed E-state index contributed by atoms with van der Waals surface area (Å²) in [7, 11) is 0. The smallest absolute Gasteiger partial charge is 0.340 e. The highest BCUT2D eigenvalue weighted by atomic mass is 19.4. The molecule has 1 N–H and O–H groups in total. The Kier molecular flexibility index (Phi) is 5.86. The van der Waals surface area contributed by atoms with Crippen molar-refractivity contribution in [2.24, 2.45) is 5.10 Å². The van der Waals surface area contributed by atoms with Crippen LogP contribution in [0.5, 0.6) is 0 Å². The number of ether oxygens (including phenoxy) is 1. The monoisotopic (exact) mass is 374 g/mol. The zero-order valence-corrected chi connectivity index (χ0v) is 10.6. The van der Waals surface area contributed by atoms with E-state index in [4.69, 9.17) is 0 Å². The maximum Gasteiger partial charge on any atom is 0.447 e. The van der Waals surface area contributed by atoms with E-state index < -0.39 is 42.7 Å². The molecule has 0 saturated heterocycles. The highest BCUT2D eigenvalue weighted by Crippen LogP contribution is 2.44. The van der Waals surface area contributed by atoms with Crippen molar-refractivity contribution in [2.75, 3.05) is 6.61 Å².